The molecule has 1 amide bonds. The highest BCUT2D eigenvalue weighted by Crippen LogP contribution is 2.16. The van der Waals surface area contributed by atoms with Crippen molar-refractivity contribution in [3.8, 4) is 0 Å². The maximum Gasteiger partial charge on any atom is 0.251 e. The van der Waals surface area contributed by atoms with Crippen LogP contribution in [0.3, 0.4) is 0 Å². The molecule has 0 heterocycles. The van der Waals surface area contributed by atoms with Crippen LogP contribution in [0.2, 0.25) is 0 Å². The molecule has 18 heavy (non-hydrogen) atoms. The molecule has 0 fully saturated rings. The van der Waals surface area contributed by atoms with Crippen LogP contribution in [-0.2, 0) is 9.84 Å². The van der Waals surface area contributed by atoms with Crippen molar-refractivity contribution in [1.29, 1.82) is 0 Å². The first kappa shape index (κ1) is 15.1. The van der Waals surface area contributed by atoms with Gasteiger partial charge in [0.05, 0.1) is 10.2 Å². The Bertz CT molecular complexity index is 559. The van der Waals surface area contributed by atoms with Crippen molar-refractivity contribution in [2.24, 2.45) is 0 Å². The van der Waals surface area contributed by atoms with Crippen molar-refractivity contribution in [2.75, 3.05) is 12.0 Å². The van der Waals surface area contributed by atoms with Gasteiger partial charge in [0.1, 0.15) is 15.7 Å². The van der Waals surface area contributed by atoms with Crippen LogP contribution in [0, 0.1) is 5.82 Å². The topological polar surface area (TPSA) is 63.2 Å². The lowest BCUT2D eigenvalue weighted by Gasteiger charge is -2.12. The number of carbonyl (C=O) groups excluding carboxylic acids is 1. The lowest BCUT2D eigenvalue weighted by molar-refractivity contribution is 0.0943. The average molecular weight is 338 g/mol. The molecule has 0 aliphatic rings. The predicted octanol–water partition coefficient (Wildman–Crippen LogP) is 1.75. The van der Waals surface area contributed by atoms with E-state index >= 15 is 0 Å². The summed E-state index contributed by atoms with van der Waals surface area (Å²) in [6.45, 7) is 1.59. The van der Waals surface area contributed by atoms with Gasteiger partial charge in [0.25, 0.3) is 5.91 Å². The quantitative estimate of drug-likeness (QED) is 0.910. The molecule has 1 rings (SSSR count). The van der Waals surface area contributed by atoms with Crippen LogP contribution in [0.1, 0.15) is 17.3 Å². The second-order valence-electron chi connectivity index (χ2n) is 4.10. The van der Waals surface area contributed by atoms with E-state index in [9.17, 15) is 17.6 Å². The van der Waals surface area contributed by atoms with Gasteiger partial charge in [-0.05, 0) is 41.1 Å². The van der Waals surface area contributed by atoms with Crippen molar-refractivity contribution in [1.82, 2.24) is 5.32 Å². The summed E-state index contributed by atoms with van der Waals surface area (Å²) in [6, 6.07) is 3.34. The van der Waals surface area contributed by atoms with E-state index < -0.39 is 27.6 Å². The Kier molecular flexibility index (Phi) is 4.86. The summed E-state index contributed by atoms with van der Waals surface area (Å²) >= 11 is 2.98. The molecule has 0 saturated heterocycles. The van der Waals surface area contributed by atoms with E-state index in [1.54, 1.807) is 6.92 Å². The molecule has 7 heteroatoms. The SMILES string of the molecule is CC(CS(C)(=O)=O)NC(=O)c1ccc(F)c(Br)c1. The van der Waals surface area contributed by atoms with E-state index in [2.05, 4.69) is 21.2 Å². The number of benzene rings is 1. The number of nitrogens with one attached hydrogen (secondary N) is 1. The van der Waals surface area contributed by atoms with Gasteiger partial charge in [-0.3, -0.25) is 4.79 Å². The Labute approximate surface area is 114 Å². The summed E-state index contributed by atoms with van der Waals surface area (Å²) in [4.78, 5) is 11.8. The molecule has 0 aliphatic heterocycles. The van der Waals surface area contributed by atoms with Gasteiger partial charge < -0.3 is 5.32 Å². The third-order valence-electron chi connectivity index (χ3n) is 2.11. The third-order valence-corrected chi connectivity index (χ3v) is 3.83. The molecule has 1 unspecified atom stereocenters. The number of rotatable bonds is 4. The fourth-order valence-corrected chi connectivity index (χ4v) is 2.81. The number of carbonyl (C=O) groups is 1. The van der Waals surface area contributed by atoms with Gasteiger partial charge in [-0.1, -0.05) is 0 Å². The molecule has 4 nitrogen and oxygen atoms in total. The van der Waals surface area contributed by atoms with Crippen LogP contribution in [0.5, 0.6) is 0 Å². The molecular weight excluding hydrogens is 325 g/mol. The van der Waals surface area contributed by atoms with Crippen LogP contribution < -0.4 is 5.32 Å². The summed E-state index contributed by atoms with van der Waals surface area (Å²) in [7, 11) is -3.15. The van der Waals surface area contributed by atoms with Crippen LogP contribution >= 0.6 is 15.9 Å². The highest BCUT2D eigenvalue weighted by Gasteiger charge is 2.15. The van der Waals surface area contributed by atoms with Gasteiger partial charge in [0.2, 0.25) is 0 Å². The van der Waals surface area contributed by atoms with Gasteiger partial charge in [0, 0.05) is 17.9 Å². The molecule has 100 valence electrons. The zero-order valence-electron chi connectivity index (χ0n) is 9.91. The van der Waals surface area contributed by atoms with E-state index in [0.717, 1.165) is 6.26 Å². The molecule has 1 atom stereocenters. The highest BCUT2D eigenvalue weighted by molar-refractivity contribution is 9.10. The molecule has 0 saturated carbocycles. The van der Waals surface area contributed by atoms with Crippen molar-refractivity contribution in [3.05, 3.63) is 34.1 Å². The number of sulfone groups is 1. The zero-order valence-corrected chi connectivity index (χ0v) is 12.3. The number of halogens is 2. The van der Waals surface area contributed by atoms with Gasteiger partial charge >= 0.3 is 0 Å². The van der Waals surface area contributed by atoms with Gasteiger partial charge in [0.15, 0.2) is 0 Å². The second-order valence-corrected chi connectivity index (χ2v) is 7.13. The molecule has 1 N–H and O–H groups in total. The first-order valence-electron chi connectivity index (χ1n) is 5.12. The van der Waals surface area contributed by atoms with E-state index in [4.69, 9.17) is 0 Å². The van der Waals surface area contributed by atoms with Gasteiger partial charge in [-0.2, -0.15) is 0 Å². The van der Waals surface area contributed by atoms with Crippen molar-refractivity contribution in [3.63, 3.8) is 0 Å². The minimum Gasteiger partial charge on any atom is -0.349 e. The summed E-state index contributed by atoms with van der Waals surface area (Å²) in [5, 5.41) is 2.54. The number of hydrogen-bond donors (Lipinski definition) is 1. The first-order valence-corrected chi connectivity index (χ1v) is 7.98. The monoisotopic (exact) mass is 337 g/mol. The summed E-state index contributed by atoms with van der Waals surface area (Å²) < 4.78 is 35.3. The Morgan fingerprint density at radius 3 is 2.61 bits per heavy atom. The Morgan fingerprint density at radius 1 is 1.50 bits per heavy atom. The Hall–Kier alpha value is -0.950. The van der Waals surface area contributed by atoms with E-state index in [1.807, 2.05) is 0 Å². The maximum absolute atomic E-state index is 13.0. The fraction of sp³-hybridized carbons (Fsp3) is 0.364. The van der Waals surface area contributed by atoms with Crippen LogP contribution in [0.15, 0.2) is 22.7 Å². The van der Waals surface area contributed by atoms with Crippen LogP contribution in [-0.4, -0.2) is 32.4 Å². The van der Waals surface area contributed by atoms with Crippen molar-refractivity contribution >= 4 is 31.7 Å². The number of amides is 1. The van der Waals surface area contributed by atoms with Gasteiger partial charge in [-0.15, -0.1) is 0 Å². The Morgan fingerprint density at radius 2 is 2.11 bits per heavy atom. The smallest absolute Gasteiger partial charge is 0.251 e. The van der Waals surface area contributed by atoms with E-state index in [1.165, 1.54) is 18.2 Å². The Balaban J connectivity index is 2.73. The number of hydrogen-bond acceptors (Lipinski definition) is 3. The standard InChI is InChI=1S/C11H13BrFNO3S/c1-7(6-18(2,16)17)14-11(15)8-3-4-10(13)9(12)5-8/h3-5,7H,6H2,1-2H3,(H,14,15). The summed E-state index contributed by atoms with van der Waals surface area (Å²) in [5.74, 6) is -1.04. The minimum absolute atomic E-state index is 0.138. The normalized spacial score (nSPS) is 13.1. The van der Waals surface area contributed by atoms with Gasteiger partial charge in [-0.25, -0.2) is 12.8 Å². The fourth-order valence-electron chi connectivity index (χ4n) is 1.44. The highest BCUT2D eigenvalue weighted by atomic mass is 79.9. The molecule has 0 radical (unpaired) electrons. The van der Waals surface area contributed by atoms with Crippen LogP contribution in [0.25, 0.3) is 0 Å². The summed E-state index contributed by atoms with van der Waals surface area (Å²) in [5.41, 5.74) is 0.267. The minimum atomic E-state index is -3.15. The van der Waals surface area contributed by atoms with Crippen molar-refractivity contribution in [2.45, 2.75) is 13.0 Å². The first-order chi connectivity index (χ1) is 8.19. The largest absolute Gasteiger partial charge is 0.349 e. The molecule has 0 aliphatic carbocycles. The molecule has 1 aromatic carbocycles. The molecular formula is C11H13BrFNO3S. The third kappa shape index (κ3) is 4.73. The lowest BCUT2D eigenvalue weighted by atomic mass is 10.2. The summed E-state index contributed by atoms with van der Waals surface area (Å²) in [6.07, 6.45) is 1.10. The van der Waals surface area contributed by atoms with Crippen molar-refractivity contribution < 1.29 is 17.6 Å². The maximum atomic E-state index is 13.0. The molecule has 1 aromatic rings. The second kappa shape index (κ2) is 5.79. The van der Waals surface area contributed by atoms with Crippen LogP contribution in [0.4, 0.5) is 4.39 Å². The average Bonchev–Trinajstić information content (AvgIpc) is 2.18. The molecule has 0 spiro atoms. The van der Waals surface area contributed by atoms with E-state index in [0.29, 0.717) is 0 Å². The predicted molar refractivity (Wildman–Crippen MR) is 70.7 cm³/mol. The molecule has 0 bridgehead atoms. The molecule has 0 aromatic heterocycles. The zero-order chi connectivity index (χ0) is 13.9. The lowest BCUT2D eigenvalue weighted by Crippen LogP contribution is -2.37. The van der Waals surface area contributed by atoms with E-state index in [-0.39, 0.29) is 15.8 Å².